The van der Waals surface area contributed by atoms with Crippen molar-refractivity contribution in [1.82, 2.24) is 9.97 Å². The first-order chi connectivity index (χ1) is 12.7. The molecule has 0 radical (unpaired) electrons. The number of hydrogen-bond acceptors (Lipinski definition) is 6. The van der Waals surface area contributed by atoms with E-state index in [9.17, 15) is 0 Å². The van der Waals surface area contributed by atoms with Gasteiger partial charge in [-0.25, -0.2) is 9.97 Å². The summed E-state index contributed by atoms with van der Waals surface area (Å²) in [5.41, 5.74) is 2.34. The van der Waals surface area contributed by atoms with E-state index < -0.39 is 0 Å². The molecule has 0 amide bonds. The van der Waals surface area contributed by atoms with Gasteiger partial charge < -0.3 is 14.8 Å². The Bertz CT molecular complexity index is 934. The highest BCUT2D eigenvalue weighted by Crippen LogP contribution is 2.33. The van der Waals surface area contributed by atoms with Crippen molar-refractivity contribution >= 4 is 27.4 Å². The summed E-state index contributed by atoms with van der Waals surface area (Å²) >= 11 is 1.68. The first-order valence-corrected chi connectivity index (χ1v) is 9.78. The van der Waals surface area contributed by atoms with Crippen LogP contribution in [0.25, 0.3) is 10.2 Å². The van der Waals surface area contributed by atoms with Crippen molar-refractivity contribution in [3.63, 3.8) is 0 Å². The van der Waals surface area contributed by atoms with Crippen molar-refractivity contribution in [2.45, 2.75) is 38.6 Å². The van der Waals surface area contributed by atoms with Gasteiger partial charge in [-0.2, -0.15) is 0 Å². The third-order valence-corrected chi connectivity index (χ3v) is 5.91. The van der Waals surface area contributed by atoms with E-state index in [0.717, 1.165) is 38.9 Å². The molecule has 5 nitrogen and oxygen atoms in total. The van der Waals surface area contributed by atoms with Crippen LogP contribution in [0.5, 0.6) is 11.5 Å². The number of fused-ring (bicyclic) bond motifs is 1. The molecule has 3 aromatic rings. The van der Waals surface area contributed by atoms with Gasteiger partial charge >= 0.3 is 0 Å². The number of anilines is 1. The Balaban J connectivity index is 1.68. The fraction of sp³-hybridized carbons (Fsp3) is 0.400. The largest absolute Gasteiger partial charge is 0.493 e. The molecular weight excluding hydrogens is 346 g/mol. The molecular formula is C20H23N3O2S. The molecule has 1 N–H and O–H groups in total. The van der Waals surface area contributed by atoms with Gasteiger partial charge in [-0.05, 0) is 54.8 Å². The summed E-state index contributed by atoms with van der Waals surface area (Å²) in [4.78, 5) is 10.7. The average Bonchev–Trinajstić information content (AvgIpc) is 2.99. The number of benzene rings is 1. The quantitative estimate of drug-likeness (QED) is 0.690. The number of thiophene rings is 1. The van der Waals surface area contributed by atoms with E-state index in [-0.39, 0.29) is 0 Å². The Labute approximate surface area is 157 Å². The van der Waals surface area contributed by atoms with Crippen molar-refractivity contribution in [1.29, 1.82) is 0 Å². The van der Waals surface area contributed by atoms with Gasteiger partial charge in [0.25, 0.3) is 0 Å². The summed E-state index contributed by atoms with van der Waals surface area (Å²) < 4.78 is 10.7. The Morgan fingerprint density at radius 2 is 1.96 bits per heavy atom. The van der Waals surface area contributed by atoms with Crippen molar-refractivity contribution in [2.24, 2.45) is 0 Å². The Morgan fingerprint density at radius 1 is 1.15 bits per heavy atom. The minimum Gasteiger partial charge on any atom is -0.493 e. The number of nitrogens with one attached hydrogen (secondary N) is 1. The molecule has 136 valence electrons. The lowest BCUT2D eigenvalue weighted by molar-refractivity contribution is 0.354. The zero-order valence-electron chi connectivity index (χ0n) is 15.3. The fourth-order valence-corrected chi connectivity index (χ4v) is 4.17. The summed E-state index contributed by atoms with van der Waals surface area (Å²) in [6.07, 6.45) is 4.40. The van der Waals surface area contributed by atoms with Gasteiger partial charge in [0.2, 0.25) is 0 Å². The number of rotatable bonds is 6. The van der Waals surface area contributed by atoms with E-state index in [0.29, 0.717) is 12.5 Å². The maximum atomic E-state index is 5.41. The molecule has 1 saturated carbocycles. The van der Waals surface area contributed by atoms with E-state index in [1.54, 1.807) is 25.6 Å². The number of ether oxygens (including phenoxy) is 2. The molecule has 1 aromatic carbocycles. The van der Waals surface area contributed by atoms with Gasteiger partial charge in [0.15, 0.2) is 11.5 Å². The molecule has 0 aliphatic heterocycles. The minimum absolute atomic E-state index is 0.543. The van der Waals surface area contributed by atoms with Gasteiger partial charge in [-0.1, -0.05) is 6.07 Å². The third-order valence-electron chi connectivity index (χ3n) is 4.92. The fourth-order valence-electron chi connectivity index (χ4n) is 3.23. The van der Waals surface area contributed by atoms with Crippen LogP contribution in [0.15, 0.2) is 23.6 Å². The standard InChI is InChI=1S/C20H23N3O2S/c1-12-11-26-20-18(12)19(21-14-5-4-6-14)22-17(23-20)10-13-7-8-15(24-2)16(9-13)25-3/h7-9,11,14H,4-6,10H2,1-3H3,(H,21,22,23). The molecule has 2 heterocycles. The summed E-state index contributed by atoms with van der Waals surface area (Å²) in [5.74, 6) is 3.27. The second-order valence-corrected chi connectivity index (χ2v) is 7.58. The van der Waals surface area contributed by atoms with E-state index >= 15 is 0 Å². The monoisotopic (exact) mass is 369 g/mol. The zero-order chi connectivity index (χ0) is 18.1. The Kier molecular flexibility index (Phi) is 4.68. The first kappa shape index (κ1) is 17.1. The summed E-state index contributed by atoms with van der Waals surface area (Å²) in [6.45, 7) is 2.13. The maximum absolute atomic E-state index is 5.41. The van der Waals surface area contributed by atoms with Crippen LogP contribution in [-0.2, 0) is 6.42 Å². The average molecular weight is 369 g/mol. The van der Waals surface area contributed by atoms with Crippen LogP contribution < -0.4 is 14.8 Å². The second-order valence-electron chi connectivity index (χ2n) is 6.73. The van der Waals surface area contributed by atoms with Gasteiger partial charge in [0.05, 0.1) is 19.6 Å². The topological polar surface area (TPSA) is 56.3 Å². The lowest BCUT2D eigenvalue weighted by Gasteiger charge is -2.27. The zero-order valence-corrected chi connectivity index (χ0v) is 16.2. The van der Waals surface area contributed by atoms with Crippen LogP contribution in [0.4, 0.5) is 5.82 Å². The molecule has 0 saturated heterocycles. The van der Waals surface area contributed by atoms with Gasteiger partial charge in [0, 0.05) is 12.5 Å². The first-order valence-electron chi connectivity index (χ1n) is 8.90. The van der Waals surface area contributed by atoms with Crippen molar-refractivity contribution in [3.8, 4) is 11.5 Å². The molecule has 0 unspecified atom stereocenters. The van der Waals surface area contributed by atoms with Crippen LogP contribution in [0.2, 0.25) is 0 Å². The van der Waals surface area contributed by atoms with Crippen LogP contribution in [0.1, 0.15) is 36.2 Å². The smallest absolute Gasteiger partial charge is 0.161 e. The normalized spacial score (nSPS) is 14.3. The summed E-state index contributed by atoms with van der Waals surface area (Å²) in [6, 6.07) is 6.50. The molecule has 0 atom stereocenters. The molecule has 0 spiro atoms. The number of aryl methyl sites for hydroxylation is 1. The third kappa shape index (κ3) is 3.21. The molecule has 4 rings (SSSR count). The molecule has 0 bridgehead atoms. The van der Waals surface area contributed by atoms with Crippen molar-refractivity contribution in [3.05, 3.63) is 40.5 Å². The Hall–Kier alpha value is -2.34. The summed E-state index contributed by atoms with van der Waals surface area (Å²) in [7, 11) is 3.30. The molecule has 2 aromatic heterocycles. The lowest BCUT2D eigenvalue weighted by atomic mass is 9.93. The highest BCUT2D eigenvalue weighted by atomic mass is 32.1. The van der Waals surface area contributed by atoms with Gasteiger partial charge in [-0.3, -0.25) is 0 Å². The predicted molar refractivity (Wildman–Crippen MR) is 106 cm³/mol. The maximum Gasteiger partial charge on any atom is 0.161 e. The number of aromatic nitrogens is 2. The van der Waals surface area contributed by atoms with E-state index in [1.807, 2.05) is 18.2 Å². The Morgan fingerprint density at radius 3 is 2.65 bits per heavy atom. The van der Waals surface area contributed by atoms with Crippen LogP contribution >= 0.6 is 11.3 Å². The van der Waals surface area contributed by atoms with Crippen LogP contribution in [0, 0.1) is 6.92 Å². The van der Waals surface area contributed by atoms with Crippen LogP contribution in [-0.4, -0.2) is 30.2 Å². The van der Waals surface area contributed by atoms with E-state index in [1.165, 1.54) is 24.8 Å². The number of hydrogen-bond donors (Lipinski definition) is 1. The highest BCUT2D eigenvalue weighted by molar-refractivity contribution is 7.17. The van der Waals surface area contributed by atoms with E-state index in [2.05, 4.69) is 17.6 Å². The van der Waals surface area contributed by atoms with Crippen molar-refractivity contribution in [2.75, 3.05) is 19.5 Å². The molecule has 6 heteroatoms. The van der Waals surface area contributed by atoms with E-state index in [4.69, 9.17) is 19.4 Å². The van der Waals surface area contributed by atoms with Gasteiger partial charge in [0.1, 0.15) is 16.5 Å². The molecule has 1 aliphatic rings. The number of methoxy groups -OCH3 is 2. The highest BCUT2D eigenvalue weighted by Gasteiger charge is 2.20. The van der Waals surface area contributed by atoms with Crippen molar-refractivity contribution < 1.29 is 9.47 Å². The summed E-state index contributed by atoms with van der Waals surface area (Å²) in [5, 5.41) is 6.95. The lowest BCUT2D eigenvalue weighted by Crippen LogP contribution is -2.27. The second kappa shape index (κ2) is 7.11. The SMILES string of the molecule is COc1ccc(Cc2nc(NC3CCC3)c3c(C)csc3n2)cc1OC. The molecule has 26 heavy (non-hydrogen) atoms. The molecule has 1 fully saturated rings. The predicted octanol–water partition coefficient (Wildman–Crippen LogP) is 4.57. The minimum atomic E-state index is 0.543. The van der Waals surface area contributed by atoms with Crippen LogP contribution in [0.3, 0.4) is 0 Å². The number of nitrogens with zero attached hydrogens (tertiary/aromatic N) is 2. The molecule has 1 aliphatic carbocycles. The van der Waals surface area contributed by atoms with Gasteiger partial charge in [-0.15, -0.1) is 11.3 Å².